The summed E-state index contributed by atoms with van der Waals surface area (Å²) < 4.78 is 0. The fraction of sp³-hybridized carbons (Fsp3) is 1.00. The summed E-state index contributed by atoms with van der Waals surface area (Å²) >= 11 is 0. The normalized spacial score (nSPS) is 51.7. The number of fused-ring (bicyclic) bond motifs is 2. The Labute approximate surface area is 102 Å². The lowest BCUT2D eigenvalue weighted by Crippen LogP contribution is -2.44. The smallest absolute Gasteiger partial charge is 0.0629 e. The number of hydrogen-bond donors (Lipinski definition) is 0. The first-order chi connectivity index (χ1) is 7.64. The fourth-order valence-electron chi connectivity index (χ4n) is 5.80. The van der Waals surface area contributed by atoms with Crippen LogP contribution >= 0.6 is 0 Å². The van der Waals surface area contributed by atoms with Crippen LogP contribution in [0.2, 0.25) is 5.31 Å². The van der Waals surface area contributed by atoms with E-state index in [2.05, 4.69) is 21.7 Å². The molecule has 0 heterocycles. The second kappa shape index (κ2) is 3.78. The topological polar surface area (TPSA) is 0 Å². The van der Waals surface area contributed by atoms with Crippen molar-refractivity contribution in [2.45, 2.75) is 64.1 Å². The van der Waals surface area contributed by atoms with Crippen molar-refractivity contribution in [2.24, 2.45) is 29.6 Å². The molecule has 0 radical (unpaired) electrons. The van der Waals surface area contributed by atoms with Gasteiger partial charge >= 0.3 is 0 Å². The molecule has 3 rings (SSSR count). The average Bonchev–Trinajstić information content (AvgIpc) is 2.85. The van der Waals surface area contributed by atoms with Gasteiger partial charge in [0.25, 0.3) is 0 Å². The van der Waals surface area contributed by atoms with Gasteiger partial charge < -0.3 is 0 Å². The first-order valence-electron chi connectivity index (χ1n) is 7.64. The second-order valence-electron chi connectivity index (χ2n) is 7.35. The molecule has 90 valence electrons. The van der Waals surface area contributed by atoms with E-state index in [-0.39, 0.29) is 0 Å². The Morgan fingerprint density at radius 1 is 0.938 bits per heavy atom. The summed E-state index contributed by atoms with van der Waals surface area (Å²) in [5.41, 5.74) is 0. The third-order valence-electron chi connectivity index (χ3n) is 6.77. The maximum Gasteiger partial charge on any atom is 0.110 e. The van der Waals surface area contributed by atoms with E-state index in [1.165, 1.54) is 12.8 Å². The molecule has 0 saturated heterocycles. The van der Waals surface area contributed by atoms with E-state index in [0.29, 0.717) is 5.31 Å². The zero-order chi connectivity index (χ0) is 11.3. The minimum Gasteiger partial charge on any atom is -0.0629 e. The molecule has 4 unspecified atom stereocenters. The summed E-state index contributed by atoms with van der Waals surface area (Å²) in [7, 11) is 2.66. The van der Waals surface area contributed by atoms with Gasteiger partial charge in [-0.05, 0) is 36.0 Å². The lowest BCUT2D eigenvalue weighted by atomic mass is 9.42. The zero-order valence-electron chi connectivity index (χ0n) is 11.3. The molecular formula is C15H27B. The molecule has 3 aliphatic carbocycles. The van der Waals surface area contributed by atoms with Crippen LogP contribution in [0.15, 0.2) is 0 Å². The first kappa shape index (κ1) is 11.2. The Kier molecular flexibility index (Phi) is 2.64. The summed E-state index contributed by atoms with van der Waals surface area (Å²) in [4.78, 5) is 0. The van der Waals surface area contributed by atoms with E-state index >= 15 is 0 Å². The van der Waals surface area contributed by atoms with Gasteiger partial charge in [0, 0.05) is 0 Å². The maximum absolute atomic E-state index is 2.66. The van der Waals surface area contributed by atoms with Crippen molar-refractivity contribution < 1.29 is 0 Å². The summed E-state index contributed by atoms with van der Waals surface area (Å²) in [6, 6.07) is 0. The van der Waals surface area contributed by atoms with Gasteiger partial charge in [0.1, 0.15) is 7.85 Å². The summed E-state index contributed by atoms with van der Waals surface area (Å²) in [6.45, 7) is 4.99. The van der Waals surface area contributed by atoms with Gasteiger partial charge in [0.05, 0.1) is 0 Å². The largest absolute Gasteiger partial charge is 0.110 e. The molecule has 0 aromatic heterocycles. The molecule has 0 aromatic rings. The monoisotopic (exact) mass is 218 g/mol. The van der Waals surface area contributed by atoms with Crippen molar-refractivity contribution in [1.29, 1.82) is 0 Å². The van der Waals surface area contributed by atoms with Crippen molar-refractivity contribution in [3.05, 3.63) is 0 Å². The van der Waals surface area contributed by atoms with Crippen LogP contribution in [-0.4, -0.2) is 7.85 Å². The van der Waals surface area contributed by atoms with Crippen LogP contribution in [-0.2, 0) is 0 Å². The minimum absolute atomic E-state index is 0.681. The lowest BCUT2D eigenvalue weighted by Gasteiger charge is -2.54. The van der Waals surface area contributed by atoms with Crippen LogP contribution in [0.1, 0.15) is 58.8 Å². The fourth-order valence-corrected chi connectivity index (χ4v) is 5.80. The van der Waals surface area contributed by atoms with E-state index in [1.54, 1.807) is 32.1 Å². The second-order valence-corrected chi connectivity index (χ2v) is 7.35. The molecule has 0 aromatic carbocycles. The molecule has 0 nitrogen and oxygen atoms in total. The van der Waals surface area contributed by atoms with E-state index in [4.69, 9.17) is 0 Å². The van der Waals surface area contributed by atoms with Crippen LogP contribution in [0, 0.1) is 29.6 Å². The van der Waals surface area contributed by atoms with E-state index in [9.17, 15) is 0 Å². The van der Waals surface area contributed by atoms with Crippen LogP contribution in [0.3, 0.4) is 0 Å². The minimum atomic E-state index is 0.681. The Morgan fingerprint density at radius 2 is 1.44 bits per heavy atom. The summed E-state index contributed by atoms with van der Waals surface area (Å²) in [5, 5.41) is 0.681. The number of hydrogen-bond acceptors (Lipinski definition) is 0. The Balaban J connectivity index is 1.95. The Bertz CT molecular complexity index is 251. The average molecular weight is 218 g/mol. The molecule has 0 aliphatic heterocycles. The molecule has 4 atom stereocenters. The van der Waals surface area contributed by atoms with E-state index in [0.717, 1.165) is 29.6 Å². The maximum atomic E-state index is 2.66. The van der Waals surface area contributed by atoms with Gasteiger partial charge in [-0.15, -0.1) is 0 Å². The van der Waals surface area contributed by atoms with E-state index in [1.807, 2.05) is 0 Å². The van der Waals surface area contributed by atoms with Gasteiger partial charge in [-0.2, -0.15) is 0 Å². The highest BCUT2D eigenvalue weighted by Crippen LogP contribution is 2.66. The highest BCUT2D eigenvalue weighted by atomic mass is 14.6. The molecule has 0 amide bonds. The van der Waals surface area contributed by atoms with Crippen LogP contribution in [0.4, 0.5) is 0 Å². The molecule has 16 heavy (non-hydrogen) atoms. The molecule has 0 spiro atoms. The number of rotatable bonds is 1. The zero-order valence-corrected chi connectivity index (χ0v) is 11.3. The van der Waals surface area contributed by atoms with Gasteiger partial charge in [-0.25, -0.2) is 0 Å². The van der Waals surface area contributed by atoms with Crippen molar-refractivity contribution in [2.75, 3.05) is 0 Å². The predicted octanol–water partition coefficient (Wildman–Crippen LogP) is 3.67. The van der Waals surface area contributed by atoms with Gasteiger partial charge in [0.2, 0.25) is 0 Å². The van der Waals surface area contributed by atoms with Crippen LogP contribution in [0.25, 0.3) is 0 Å². The highest BCUT2D eigenvalue weighted by Gasteiger charge is 2.55. The third-order valence-corrected chi connectivity index (χ3v) is 6.77. The summed E-state index contributed by atoms with van der Waals surface area (Å²) in [5.74, 6) is 5.25. The third kappa shape index (κ3) is 1.36. The van der Waals surface area contributed by atoms with Crippen molar-refractivity contribution in [1.82, 2.24) is 0 Å². The molecule has 3 aliphatic rings. The van der Waals surface area contributed by atoms with Crippen LogP contribution in [0.5, 0.6) is 0 Å². The molecular weight excluding hydrogens is 191 g/mol. The quantitative estimate of drug-likeness (QED) is 0.589. The molecule has 1 heteroatoms. The predicted molar refractivity (Wildman–Crippen MR) is 72.4 cm³/mol. The van der Waals surface area contributed by atoms with Crippen molar-refractivity contribution in [3.63, 3.8) is 0 Å². The van der Waals surface area contributed by atoms with Crippen LogP contribution < -0.4 is 0 Å². The molecule has 3 fully saturated rings. The Hall–Kier alpha value is 0.0649. The standard InChI is InChI=1S/C15H27B/c1-10(2)15(16)13-7-3-5-11(13)9-12-6-4-8-14(12)15/h10-14H,3-9,16H2,1-2H3. The SMILES string of the molecule is BC1(C(C)C)C2CCCC2CC2CCCC21. The lowest BCUT2D eigenvalue weighted by molar-refractivity contribution is 0.0571. The van der Waals surface area contributed by atoms with Gasteiger partial charge in [-0.1, -0.05) is 57.7 Å². The van der Waals surface area contributed by atoms with Crippen molar-refractivity contribution >= 4 is 7.85 Å². The summed E-state index contributed by atoms with van der Waals surface area (Å²) in [6.07, 6.45) is 10.8. The molecule has 3 saturated carbocycles. The van der Waals surface area contributed by atoms with Crippen molar-refractivity contribution in [3.8, 4) is 0 Å². The molecule has 0 bridgehead atoms. The Morgan fingerprint density at radius 3 is 1.88 bits per heavy atom. The van der Waals surface area contributed by atoms with Gasteiger partial charge in [0.15, 0.2) is 0 Å². The first-order valence-corrected chi connectivity index (χ1v) is 7.64. The molecule has 0 N–H and O–H groups in total. The highest BCUT2D eigenvalue weighted by molar-refractivity contribution is 6.16. The van der Waals surface area contributed by atoms with E-state index < -0.39 is 0 Å². The van der Waals surface area contributed by atoms with Gasteiger partial charge in [-0.3, -0.25) is 0 Å².